The highest BCUT2D eigenvalue weighted by atomic mass is 127. The molecule has 1 saturated heterocycles. The lowest BCUT2D eigenvalue weighted by Gasteiger charge is -2.22. The molecule has 0 aliphatic carbocycles. The predicted octanol–water partition coefficient (Wildman–Crippen LogP) is 2.67. The maximum atomic E-state index is 12.0. The number of rotatable bonds is 5. The van der Waals surface area contributed by atoms with E-state index in [1.54, 1.807) is 19.2 Å². The molecule has 0 atom stereocenters. The van der Waals surface area contributed by atoms with Crippen molar-refractivity contribution in [3.63, 3.8) is 0 Å². The van der Waals surface area contributed by atoms with E-state index in [1.165, 1.54) is 0 Å². The fourth-order valence-electron chi connectivity index (χ4n) is 2.03. The first kappa shape index (κ1) is 15.5. The van der Waals surface area contributed by atoms with Crippen molar-refractivity contribution in [1.29, 1.82) is 0 Å². The van der Waals surface area contributed by atoms with Crippen molar-refractivity contribution in [2.24, 2.45) is 5.92 Å². The number of carbonyl (C=O) groups is 1. The number of hydrogen-bond acceptors (Lipinski definition) is 5. The van der Waals surface area contributed by atoms with Crippen LogP contribution in [0.15, 0.2) is 12.3 Å². The molecule has 0 aromatic carbocycles. The zero-order valence-corrected chi connectivity index (χ0v) is 13.6. The second kappa shape index (κ2) is 7.78. The van der Waals surface area contributed by atoms with Crippen LogP contribution < -0.4 is 4.74 Å². The molecule has 2 heterocycles. The standard InChI is InChI=1S/C14H18INO4/c1-2-19-14(17)12-11(15)3-6-16-13(12)20-9-10-4-7-18-8-5-10/h3,6,10H,2,4-5,7-9H2,1H3. The highest BCUT2D eigenvalue weighted by molar-refractivity contribution is 14.1. The summed E-state index contributed by atoms with van der Waals surface area (Å²) in [6.07, 6.45) is 3.61. The molecule has 5 nitrogen and oxygen atoms in total. The lowest BCUT2D eigenvalue weighted by molar-refractivity contribution is 0.0459. The molecule has 2 rings (SSSR count). The average Bonchev–Trinajstić information content (AvgIpc) is 2.46. The van der Waals surface area contributed by atoms with Crippen LogP contribution in [0.5, 0.6) is 5.88 Å². The Morgan fingerprint density at radius 2 is 2.25 bits per heavy atom. The van der Waals surface area contributed by atoms with E-state index < -0.39 is 0 Å². The molecule has 0 unspecified atom stereocenters. The molecular formula is C14H18INO4. The Balaban J connectivity index is 2.06. The highest BCUT2D eigenvalue weighted by Crippen LogP contribution is 2.24. The monoisotopic (exact) mass is 391 g/mol. The van der Waals surface area contributed by atoms with Gasteiger partial charge in [-0.15, -0.1) is 0 Å². The van der Waals surface area contributed by atoms with Crippen LogP contribution in [-0.2, 0) is 9.47 Å². The molecule has 0 bridgehead atoms. The molecule has 1 aliphatic heterocycles. The van der Waals surface area contributed by atoms with Gasteiger partial charge in [0, 0.05) is 23.0 Å². The Kier molecular flexibility index (Phi) is 6.03. The van der Waals surface area contributed by atoms with Crippen molar-refractivity contribution in [2.75, 3.05) is 26.4 Å². The molecule has 1 aromatic heterocycles. The van der Waals surface area contributed by atoms with E-state index in [4.69, 9.17) is 14.2 Å². The van der Waals surface area contributed by atoms with Crippen LogP contribution in [0.1, 0.15) is 30.1 Å². The third kappa shape index (κ3) is 4.05. The summed E-state index contributed by atoms with van der Waals surface area (Å²) in [5, 5.41) is 0. The predicted molar refractivity (Wildman–Crippen MR) is 81.9 cm³/mol. The van der Waals surface area contributed by atoms with Crippen molar-refractivity contribution < 1.29 is 19.0 Å². The minimum Gasteiger partial charge on any atom is -0.477 e. The third-order valence-corrected chi connectivity index (χ3v) is 4.04. The van der Waals surface area contributed by atoms with E-state index in [0.717, 1.165) is 29.6 Å². The van der Waals surface area contributed by atoms with Gasteiger partial charge in [-0.2, -0.15) is 0 Å². The van der Waals surface area contributed by atoms with Crippen molar-refractivity contribution in [3.8, 4) is 5.88 Å². The number of nitrogens with zero attached hydrogens (tertiary/aromatic N) is 1. The molecule has 1 fully saturated rings. The Labute approximate surface area is 132 Å². The normalized spacial score (nSPS) is 15.9. The Hall–Kier alpha value is -0.890. The lowest BCUT2D eigenvalue weighted by Crippen LogP contribution is -2.22. The summed E-state index contributed by atoms with van der Waals surface area (Å²) < 4.78 is 16.9. The summed E-state index contributed by atoms with van der Waals surface area (Å²) in [6.45, 7) is 4.23. The van der Waals surface area contributed by atoms with E-state index >= 15 is 0 Å². The smallest absolute Gasteiger partial charge is 0.344 e. The van der Waals surface area contributed by atoms with Gasteiger partial charge < -0.3 is 14.2 Å². The van der Waals surface area contributed by atoms with Crippen molar-refractivity contribution in [2.45, 2.75) is 19.8 Å². The van der Waals surface area contributed by atoms with Crippen molar-refractivity contribution >= 4 is 28.6 Å². The van der Waals surface area contributed by atoms with E-state index in [9.17, 15) is 4.79 Å². The van der Waals surface area contributed by atoms with Gasteiger partial charge >= 0.3 is 5.97 Å². The third-order valence-electron chi connectivity index (χ3n) is 3.14. The largest absolute Gasteiger partial charge is 0.477 e. The number of aromatic nitrogens is 1. The summed E-state index contributed by atoms with van der Waals surface area (Å²) >= 11 is 2.09. The molecule has 0 amide bonds. The summed E-state index contributed by atoms with van der Waals surface area (Å²) in [7, 11) is 0. The van der Waals surface area contributed by atoms with Gasteiger partial charge in [0.2, 0.25) is 5.88 Å². The topological polar surface area (TPSA) is 57.7 Å². The maximum absolute atomic E-state index is 12.0. The number of hydrogen-bond donors (Lipinski definition) is 0. The minimum absolute atomic E-state index is 0.337. The average molecular weight is 391 g/mol. The highest BCUT2D eigenvalue weighted by Gasteiger charge is 2.21. The quantitative estimate of drug-likeness (QED) is 0.571. The zero-order valence-electron chi connectivity index (χ0n) is 11.4. The SMILES string of the molecule is CCOC(=O)c1c(I)ccnc1OCC1CCOCC1. The number of pyridine rings is 1. The molecular weight excluding hydrogens is 373 g/mol. The van der Waals surface area contributed by atoms with E-state index in [1.807, 2.05) is 0 Å². The van der Waals surface area contributed by atoms with Crippen molar-refractivity contribution in [1.82, 2.24) is 4.98 Å². The van der Waals surface area contributed by atoms with Crippen LogP contribution >= 0.6 is 22.6 Å². The lowest BCUT2D eigenvalue weighted by atomic mass is 10.0. The minimum atomic E-state index is -0.382. The van der Waals surface area contributed by atoms with Crippen LogP contribution in [0, 0.1) is 9.49 Å². The molecule has 110 valence electrons. The van der Waals surface area contributed by atoms with Gasteiger partial charge in [-0.1, -0.05) is 0 Å². The fourth-order valence-corrected chi connectivity index (χ4v) is 2.64. The first-order valence-electron chi connectivity index (χ1n) is 6.74. The molecule has 0 spiro atoms. The molecule has 1 aliphatic rings. The fraction of sp³-hybridized carbons (Fsp3) is 0.571. The van der Waals surface area contributed by atoms with Gasteiger partial charge in [0.25, 0.3) is 0 Å². The van der Waals surface area contributed by atoms with Crippen LogP contribution in [-0.4, -0.2) is 37.4 Å². The molecule has 1 aromatic rings. The second-order valence-corrected chi connectivity index (χ2v) is 5.72. The molecule has 20 heavy (non-hydrogen) atoms. The van der Waals surface area contributed by atoms with Crippen LogP contribution in [0.4, 0.5) is 0 Å². The number of ether oxygens (including phenoxy) is 3. The number of esters is 1. The van der Waals surface area contributed by atoms with E-state index in [0.29, 0.717) is 30.6 Å². The maximum Gasteiger partial charge on any atom is 0.344 e. The van der Waals surface area contributed by atoms with Gasteiger partial charge in [0.15, 0.2) is 0 Å². The summed E-state index contributed by atoms with van der Waals surface area (Å²) in [5.41, 5.74) is 0.419. The van der Waals surface area contributed by atoms with Crippen molar-refractivity contribution in [3.05, 3.63) is 21.4 Å². The zero-order chi connectivity index (χ0) is 14.4. The van der Waals surface area contributed by atoms with Gasteiger partial charge in [0.1, 0.15) is 5.56 Å². The molecule has 0 N–H and O–H groups in total. The van der Waals surface area contributed by atoms with Crippen LogP contribution in [0.2, 0.25) is 0 Å². The second-order valence-electron chi connectivity index (χ2n) is 4.56. The molecule has 0 saturated carbocycles. The van der Waals surface area contributed by atoms with Gasteiger partial charge in [-0.3, -0.25) is 0 Å². The van der Waals surface area contributed by atoms with Gasteiger partial charge in [-0.05, 0) is 54.3 Å². The Morgan fingerprint density at radius 3 is 2.95 bits per heavy atom. The first-order chi connectivity index (χ1) is 9.72. The summed E-state index contributed by atoms with van der Waals surface area (Å²) in [6, 6.07) is 1.77. The molecule has 6 heteroatoms. The summed E-state index contributed by atoms with van der Waals surface area (Å²) in [5.74, 6) is 0.437. The van der Waals surface area contributed by atoms with E-state index in [-0.39, 0.29) is 5.97 Å². The summed E-state index contributed by atoms with van der Waals surface area (Å²) in [4.78, 5) is 16.1. The van der Waals surface area contributed by atoms with Crippen LogP contribution in [0.25, 0.3) is 0 Å². The van der Waals surface area contributed by atoms with Gasteiger partial charge in [0.05, 0.1) is 13.2 Å². The number of halogens is 1. The molecule has 0 radical (unpaired) electrons. The Morgan fingerprint density at radius 1 is 1.50 bits per heavy atom. The Bertz CT molecular complexity index is 460. The van der Waals surface area contributed by atoms with Gasteiger partial charge in [-0.25, -0.2) is 9.78 Å². The van der Waals surface area contributed by atoms with E-state index in [2.05, 4.69) is 27.6 Å². The number of carbonyl (C=O) groups excluding carboxylic acids is 1. The van der Waals surface area contributed by atoms with Crippen LogP contribution in [0.3, 0.4) is 0 Å². The first-order valence-corrected chi connectivity index (χ1v) is 7.82.